The second-order valence-corrected chi connectivity index (χ2v) is 6.35. The maximum atomic E-state index is 12.1. The van der Waals surface area contributed by atoms with Gasteiger partial charge in [0.05, 0.1) is 19.5 Å². The lowest BCUT2D eigenvalue weighted by atomic mass is 10.1. The third-order valence-corrected chi connectivity index (χ3v) is 4.63. The number of para-hydroxylation sites is 1. The second kappa shape index (κ2) is 6.98. The molecule has 2 aromatic rings. The van der Waals surface area contributed by atoms with Gasteiger partial charge in [-0.2, -0.15) is 16.9 Å². The molecule has 0 radical (unpaired) electrons. The fourth-order valence-corrected chi connectivity index (χ4v) is 3.46. The summed E-state index contributed by atoms with van der Waals surface area (Å²) in [5.41, 5.74) is 1.58. The SMILES string of the molecule is COc1ccccc1-c1ccc(=O)n(CN2CCSCC2)n1. The van der Waals surface area contributed by atoms with Crippen molar-refractivity contribution in [2.24, 2.45) is 0 Å². The molecule has 1 aromatic heterocycles. The third-order valence-electron chi connectivity index (χ3n) is 3.69. The van der Waals surface area contributed by atoms with Gasteiger partial charge in [-0.25, -0.2) is 4.68 Å². The highest BCUT2D eigenvalue weighted by atomic mass is 32.2. The van der Waals surface area contributed by atoms with Crippen LogP contribution in [0.15, 0.2) is 41.2 Å². The minimum atomic E-state index is -0.0723. The van der Waals surface area contributed by atoms with E-state index in [9.17, 15) is 4.79 Å². The summed E-state index contributed by atoms with van der Waals surface area (Å²) in [6, 6.07) is 11.0. The van der Waals surface area contributed by atoms with Gasteiger partial charge < -0.3 is 4.74 Å². The van der Waals surface area contributed by atoms with Crippen LogP contribution in [0.25, 0.3) is 11.3 Å². The lowest BCUT2D eigenvalue weighted by molar-refractivity contribution is 0.223. The van der Waals surface area contributed by atoms with Crippen LogP contribution in [0, 0.1) is 0 Å². The number of rotatable bonds is 4. The Morgan fingerprint density at radius 2 is 1.95 bits per heavy atom. The Morgan fingerprint density at radius 1 is 1.18 bits per heavy atom. The summed E-state index contributed by atoms with van der Waals surface area (Å²) in [5.74, 6) is 2.98. The maximum absolute atomic E-state index is 12.1. The molecule has 1 aliphatic heterocycles. The standard InChI is InChI=1S/C16H19N3O2S/c1-21-15-5-3-2-4-13(15)14-6-7-16(20)19(17-14)12-18-8-10-22-11-9-18/h2-7H,8-12H2,1H3. The summed E-state index contributed by atoms with van der Waals surface area (Å²) in [4.78, 5) is 14.3. The first-order valence-corrected chi connectivity index (χ1v) is 8.45. The maximum Gasteiger partial charge on any atom is 0.268 e. The second-order valence-electron chi connectivity index (χ2n) is 5.13. The van der Waals surface area contributed by atoms with E-state index >= 15 is 0 Å². The molecule has 1 fully saturated rings. The van der Waals surface area contributed by atoms with E-state index in [-0.39, 0.29) is 5.56 Å². The quantitative estimate of drug-likeness (QED) is 0.862. The zero-order chi connectivity index (χ0) is 15.4. The van der Waals surface area contributed by atoms with Gasteiger partial charge in [0.25, 0.3) is 5.56 Å². The Morgan fingerprint density at radius 3 is 2.73 bits per heavy atom. The predicted octanol–water partition coefficient (Wildman–Crippen LogP) is 1.93. The normalized spacial score (nSPS) is 15.7. The first-order valence-electron chi connectivity index (χ1n) is 7.29. The van der Waals surface area contributed by atoms with E-state index in [1.807, 2.05) is 36.0 Å². The molecule has 0 amide bonds. The fraction of sp³-hybridized carbons (Fsp3) is 0.375. The molecule has 2 heterocycles. The van der Waals surface area contributed by atoms with Gasteiger partial charge in [0.2, 0.25) is 0 Å². The van der Waals surface area contributed by atoms with Crippen LogP contribution in [0.1, 0.15) is 0 Å². The van der Waals surface area contributed by atoms with Crippen LogP contribution >= 0.6 is 11.8 Å². The number of benzene rings is 1. The number of aromatic nitrogens is 2. The van der Waals surface area contributed by atoms with Crippen LogP contribution < -0.4 is 10.3 Å². The Bertz CT molecular complexity index is 696. The van der Waals surface area contributed by atoms with Crippen LogP contribution in [0.5, 0.6) is 5.75 Å². The zero-order valence-corrected chi connectivity index (χ0v) is 13.4. The average molecular weight is 317 g/mol. The van der Waals surface area contributed by atoms with Crippen molar-refractivity contribution >= 4 is 11.8 Å². The lowest BCUT2D eigenvalue weighted by Crippen LogP contribution is -2.38. The van der Waals surface area contributed by atoms with Crippen LogP contribution in [-0.4, -0.2) is 46.4 Å². The molecule has 22 heavy (non-hydrogen) atoms. The molecule has 0 bridgehead atoms. The molecule has 1 aromatic carbocycles. The summed E-state index contributed by atoms with van der Waals surface area (Å²) in [7, 11) is 1.64. The van der Waals surface area contributed by atoms with Crippen molar-refractivity contribution in [1.29, 1.82) is 0 Å². The van der Waals surface area contributed by atoms with Crippen molar-refractivity contribution in [3.05, 3.63) is 46.8 Å². The monoisotopic (exact) mass is 317 g/mol. The Balaban J connectivity index is 1.90. The van der Waals surface area contributed by atoms with Gasteiger partial charge in [0.1, 0.15) is 5.75 Å². The molecule has 0 saturated carbocycles. The highest BCUT2D eigenvalue weighted by Gasteiger charge is 2.13. The molecule has 0 spiro atoms. The minimum Gasteiger partial charge on any atom is -0.496 e. The molecule has 0 aliphatic carbocycles. The van der Waals surface area contributed by atoms with Gasteiger partial charge in [0, 0.05) is 36.2 Å². The molecular formula is C16H19N3O2S. The van der Waals surface area contributed by atoms with Crippen LogP contribution in [0.3, 0.4) is 0 Å². The van der Waals surface area contributed by atoms with Crippen molar-refractivity contribution in [2.45, 2.75) is 6.67 Å². The summed E-state index contributed by atoms with van der Waals surface area (Å²) in [6.07, 6.45) is 0. The Hall–Kier alpha value is -1.79. The van der Waals surface area contributed by atoms with E-state index in [0.29, 0.717) is 6.67 Å². The van der Waals surface area contributed by atoms with Crippen LogP contribution in [-0.2, 0) is 6.67 Å². The van der Waals surface area contributed by atoms with Crippen LogP contribution in [0.4, 0.5) is 0 Å². The van der Waals surface area contributed by atoms with Crippen LogP contribution in [0.2, 0.25) is 0 Å². The number of methoxy groups -OCH3 is 1. The van der Waals surface area contributed by atoms with Crippen molar-refractivity contribution < 1.29 is 4.74 Å². The van der Waals surface area contributed by atoms with Gasteiger partial charge in [-0.15, -0.1) is 0 Å². The first kappa shape index (κ1) is 15.1. The summed E-state index contributed by atoms with van der Waals surface area (Å²) >= 11 is 1.95. The molecule has 3 rings (SSSR count). The van der Waals surface area contributed by atoms with Crippen molar-refractivity contribution in [1.82, 2.24) is 14.7 Å². The molecule has 0 unspecified atom stereocenters. The summed E-state index contributed by atoms with van der Waals surface area (Å²) in [5, 5.41) is 4.52. The summed E-state index contributed by atoms with van der Waals surface area (Å²) < 4.78 is 6.92. The number of hydrogen-bond acceptors (Lipinski definition) is 5. The smallest absolute Gasteiger partial charge is 0.268 e. The van der Waals surface area contributed by atoms with Crippen molar-refractivity contribution in [3.8, 4) is 17.0 Å². The van der Waals surface area contributed by atoms with Gasteiger partial charge in [-0.05, 0) is 18.2 Å². The zero-order valence-electron chi connectivity index (χ0n) is 12.6. The summed E-state index contributed by atoms with van der Waals surface area (Å²) in [6.45, 7) is 2.54. The highest BCUT2D eigenvalue weighted by Crippen LogP contribution is 2.27. The van der Waals surface area contributed by atoms with Gasteiger partial charge >= 0.3 is 0 Å². The number of ether oxygens (including phenoxy) is 1. The van der Waals surface area contributed by atoms with E-state index in [1.54, 1.807) is 19.2 Å². The topological polar surface area (TPSA) is 47.4 Å². The predicted molar refractivity (Wildman–Crippen MR) is 89.4 cm³/mol. The van der Waals surface area contributed by atoms with E-state index < -0.39 is 0 Å². The van der Waals surface area contributed by atoms with E-state index in [1.165, 1.54) is 4.68 Å². The molecule has 5 nitrogen and oxygen atoms in total. The molecule has 116 valence electrons. The molecule has 6 heteroatoms. The molecule has 1 saturated heterocycles. The Labute approximate surface area is 133 Å². The molecular weight excluding hydrogens is 298 g/mol. The third kappa shape index (κ3) is 3.34. The first-order chi connectivity index (χ1) is 10.8. The van der Waals surface area contributed by atoms with E-state index in [4.69, 9.17) is 4.74 Å². The molecule has 1 aliphatic rings. The molecule has 0 N–H and O–H groups in total. The number of hydrogen-bond donors (Lipinski definition) is 0. The fourth-order valence-electron chi connectivity index (χ4n) is 2.48. The largest absolute Gasteiger partial charge is 0.496 e. The van der Waals surface area contributed by atoms with Gasteiger partial charge in [0.15, 0.2) is 0 Å². The minimum absolute atomic E-state index is 0.0723. The van der Waals surface area contributed by atoms with Gasteiger partial charge in [-0.1, -0.05) is 12.1 Å². The van der Waals surface area contributed by atoms with Gasteiger partial charge in [-0.3, -0.25) is 9.69 Å². The highest BCUT2D eigenvalue weighted by molar-refractivity contribution is 7.99. The van der Waals surface area contributed by atoms with Crippen molar-refractivity contribution in [2.75, 3.05) is 31.7 Å². The van der Waals surface area contributed by atoms with E-state index in [2.05, 4.69) is 10.00 Å². The van der Waals surface area contributed by atoms with E-state index in [0.717, 1.165) is 41.6 Å². The molecule has 0 atom stereocenters. The number of nitrogens with zero attached hydrogens (tertiary/aromatic N) is 3. The van der Waals surface area contributed by atoms with Crippen molar-refractivity contribution in [3.63, 3.8) is 0 Å². The number of thioether (sulfide) groups is 1. The Kier molecular flexibility index (Phi) is 4.80. The average Bonchev–Trinajstić information content (AvgIpc) is 2.58. The lowest BCUT2D eigenvalue weighted by Gasteiger charge is -2.26.